The van der Waals surface area contributed by atoms with Crippen LogP contribution in [0.1, 0.15) is 68.3 Å². The molecule has 0 aromatic heterocycles. The Balaban J connectivity index is 1.20. The highest BCUT2D eigenvalue weighted by atomic mass is 16.5. The number of nitrogens with zero attached hydrogens (tertiary/aromatic N) is 3. The van der Waals surface area contributed by atoms with Crippen LogP contribution >= 0.6 is 0 Å². The first-order valence-corrected chi connectivity index (χ1v) is 15.2. The predicted molar refractivity (Wildman–Crippen MR) is 160 cm³/mol. The molecule has 2 aliphatic heterocycles. The molecular formula is C33H48N3O4+. The molecule has 0 N–H and O–H groups in total. The second kappa shape index (κ2) is 14.1. The summed E-state index contributed by atoms with van der Waals surface area (Å²) < 4.78 is 12.7. The molecule has 0 radical (unpaired) electrons. The van der Waals surface area contributed by atoms with E-state index in [0.29, 0.717) is 31.7 Å². The number of carbonyl (C=O) groups is 2. The van der Waals surface area contributed by atoms with Crippen molar-refractivity contribution in [2.75, 3.05) is 58.4 Å². The number of amides is 2. The Bertz CT molecular complexity index is 1110. The van der Waals surface area contributed by atoms with Crippen molar-refractivity contribution in [1.82, 2.24) is 4.90 Å². The number of likely N-dealkylation sites (tertiary alicyclic amines) is 1. The summed E-state index contributed by atoms with van der Waals surface area (Å²) in [6.07, 6.45) is 6.32. The zero-order valence-electron chi connectivity index (χ0n) is 24.9. The maximum atomic E-state index is 13.2. The van der Waals surface area contributed by atoms with E-state index in [-0.39, 0.29) is 24.0 Å². The van der Waals surface area contributed by atoms with Gasteiger partial charge in [0.1, 0.15) is 18.4 Å². The third-order valence-corrected chi connectivity index (χ3v) is 9.04. The first-order chi connectivity index (χ1) is 19.4. The van der Waals surface area contributed by atoms with Crippen molar-refractivity contribution in [1.29, 1.82) is 0 Å². The van der Waals surface area contributed by atoms with Gasteiger partial charge in [-0.2, -0.15) is 0 Å². The van der Waals surface area contributed by atoms with Crippen LogP contribution in [0, 0.1) is 0 Å². The minimum Gasteiger partial charge on any atom is -0.494 e. The maximum absolute atomic E-state index is 13.2. The average molecular weight is 551 g/mol. The molecule has 2 aromatic carbocycles. The summed E-state index contributed by atoms with van der Waals surface area (Å²) in [6.45, 7) is 9.73. The third-order valence-electron chi connectivity index (χ3n) is 9.04. The fourth-order valence-corrected chi connectivity index (χ4v) is 5.98. The number of fused-ring (bicyclic) bond motifs is 1. The van der Waals surface area contributed by atoms with Crippen molar-refractivity contribution in [3.63, 3.8) is 0 Å². The minimum absolute atomic E-state index is 0.0468. The molecule has 2 amide bonds. The van der Waals surface area contributed by atoms with Crippen molar-refractivity contribution in [3.05, 3.63) is 59.7 Å². The molecule has 0 saturated carbocycles. The van der Waals surface area contributed by atoms with Gasteiger partial charge in [-0.25, -0.2) is 0 Å². The van der Waals surface area contributed by atoms with E-state index in [1.807, 2.05) is 53.3 Å². The van der Waals surface area contributed by atoms with Crippen LogP contribution in [0.15, 0.2) is 48.5 Å². The van der Waals surface area contributed by atoms with E-state index in [9.17, 15) is 9.59 Å². The van der Waals surface area contributed by atoms with Crippen molar-refractivity contribution in [3.8, 4) is 5.75 Å². The van der Waals surface area contributed by atoms with Crippen molar-refractivity contribution in [2.45, 2.75) is 70.9 Å². The number of benzene rings is 2. The Kier molecular flexibility index (Phi) is 10.6. The molecule has 2 heterocycles. The number of methoxy groups -OCH3 is 1. The van der Waals surface area contributed by atoms with Crippen LogP contribution in [0.5, 0.6) is 5.75 Å². The molecule has 7 heteroatoms. The molecule has 40 heavy (non-hydrogen) atoms. The topological polar surface area (TPSA) is 59.1 Å². The van der Waals surface area contributed by atoms with E-state index in [0.717, 1.165) is 74.1 Å². The van der Waals surface area contributed by atoms with Gasteiger partial charge < -0.3 is 23.8 Å². The second-order valence-corrected chi connectivity index (χ2v) is 11.6. The molecule has 7 nitrogen and oxygen atoms in total. The molecule has 1 fully saturated rings. The number of rotatable bonds is 13. The van der Waals surface area contributed by atoms with E-state index < -0.39 is 0 Å². The van der Waals surface area contributed by atoms with Gasteiger partial charge in [-0.1, -0.05) is 18.2 Å². The number of para-hydroxylation sites is 1. The quantitative estimate of drug-likeness (QED) is 0.250. The molecule has 2 aliphatic rings. The van der Waals surface area contributed by atoms with E-state index in [4.69, 9.17) is 9.47 Å². The third kappa shape index (κ3) is 7.43. The van der Waals surface area contributed by atoms with Gasteiger partial charge in [-0.05, 0) is 88.3 Å². The molecule has 1 saturated heterocycles. The predicted octanol–water partition coefficient (Wildman–Crippen LogP) is 5.32. The summed E-state index contributed by atoms with van der Waals surface area (Å²) in [6, 6.07) is 15.9. The van der Waals surface area contributed by atoms with Gasteiger partial charge in [0, 0.05) is 43.9 Å². The maximum Gasteiger partial charge on any atom is 0.253 e. The summed E-state index contributed by atoms with van der Waals surface area (Å²) >= 11 is 0. The number of unbranched alkanes of at least 4 members (excludes halogenated alkanes) is 1. The normalized spacial score (nSPS) is 17.1. The zero-order chi connectivity index (χ0) is 28.5. The summed E-state index contributed by atoms with van der Waals surface area (Å²) in [5, 5.41) is 0. The highest BCUT2D eigenvalue weighted by molar-refractivity contribution is 5.97. The molecule has 1 atom stereocenters. The second-order valence-electron chi connectivity index (χ2n) is 11.6. The van der Waals surface area contributed by atoms with Gasteiger partial charge in [-0.15, -0.1) is 0 Å². The average Bonchev–Trinajstić information content (AvgIpc) is 3.00. The van der Waals surface area contributed by atoms with Crippen LogP contribution in [0.2, 0.25) is 0 Å². The molecule has 0 spiro atoms. The van der Waals surface area contributed by atoms with Gasteiger partial charge in [-0.3, -0.25) is 9.59 Å². The fourth-order valence-electron chi connectivity index (χ4n) is 5.98. The monoisotopic (exact) mass is 550 g/mol. The van der Waals surface area contributed by atoms with E-state index >= 15 is 0 Å². The van der Waals surface area contributed by atoms with Crippen LogP contribution < -0.4 is 9.64 Å². The van der Waals surface area contributed by atoms with Crippen LogP contribution in [0.4, 0.5) is 5.69 Å². The van der Waals surface area contributed by atoms with Gasteiger partial charge in [0.25, 0.3) is 5.91 Å². The summed E-state index contributed by atoms with van der Waals surface area (Å²) in [5.41, 5.74) is 2.97. The number of likely N-dealkylation sites (N-methyl/N-ethyl adjacent to an activating group) is 1. The van der Waals surface area contributed by atoms with Crippen LogP contribution in [0.25, 0.3) is 0 Å². The number of aryl methyl sites for hydroxylation is 1. The molecule has 0 aliphatic carbocycles. The Hall–Kier alpha value is -2.90. The number of carbonyl (C=O) groups excluding carboxylic acids is 2. The lowest BCUT2D eigenvalue weighted by Gasteiger charge is -2.41. The standard InChI is InChI=1S/C33H48N3O4/c1-5-36(3,6-2)25-30(39-4)12-9-10-24-40-29-17-14-27(15-18-29)33(38)34-22-20-28(21-23-34)35-31-13-8-7-11-26(31)16-19-32(35)37/h7-8,11,13-15,17-18,28,30H,5-6,9-10,12,16,19-25H2,1-4H3/q+1. The van der Waals surface area contributed by atoms with Crippen LogP contribution in [-0.2, 0) is 16.0 Å². The molecular weight excluding hydrogens is 502 g/mol. The van der Waals surface area contributed by atoms with Gasteiger partial charge >= 0.3 is 0 Å². The number of hydrogen-bond acceptors (Lipinski definition) is 4. The molecule has 0 bridgehead atoms. The number of hydrogen-bond donors (Lipinski definition) is 0. The van der Waals surface area contributed by atoms with Crippen LogP contribution in [-0.4, -0.2) is 86.8 Å². The highest BCUT2D eigenvalue weighted by Gasteiger charge is 2.33. The summed E-state index contributed by atoms with van der Waals surface area (Å²) in [5.74, 6) is 1.04. The molecule has 4 rings (SSSR count). The molecule has 1 unspecified atom stereocenters. The number of piperidine rings is 1. The number of ether oxygens (including phenoxy) is 2. The largest absolute Gasteiger partial charge is 0.494 e. The number of quaternary nitrogens is 1. The first kappa shape index (κ1) is 30.1. The first-order valence-electron chi connectivity index (χ1n) is 15.2. The Labute approximate surface area is 240 Å². The van der Waals surface area contributed by atoms with E-state index in [2.05, 4.69) is 33.0 Å². The van der Waals surface area contributed by atoms with Gasteiger partial charge in [0.2, 0.25) is 5.91 Å². The molecule has 2 aromatic rings. The lowest BCUT2D eigenvalue weighted by atomic mass is 9.95. The lowest BCUT2D eigenvalue weighted by Crippen LogP contribution is -2.50. The van der Waals surface area contributed by atoms with E-state index in [1.54, 1.807) is 0 Å². The summed E-state index contributed by atoms with van der Waals surface area (Å²) in [4.78, 5) is 29.9. The Morgan fingerprint density at radius 2 is 1.70 bits per heavy atom. The lowest BCUT2D eigenvalue weighted by molar-refractivity contribution is -0.909. The van der Waals surface area contributed by atoms with Crippen molar-refractivity contribution in [2.24, 2.45) is 0 Å². The van der Waals surface area contributed by atoms with Crippen LogP contribution in [0.3, 0.4) is 0 Å². The zero-order valence-corrected chi connectivity index (χ0v) is 24.9. The summed E-state index contributed by atoms with van der Waals surface area (Å²) in [7, 11) is 4.11. The molecule has 218 valence electrons. The minimum atomic E-state index is 0.0468. The van der Waals surface area contributed by atoms with Crippen molar-refractivity contribution < 1.29 is 23.5 Å². The smallest absolute Gasteiger partial charge is 0.253 e. The SMILES string of the molecule is CC[N+](C)(CC)CC(CCCCOc1ccc(C(=O)N2CCC(N3C(=O)CCc4ccccc43)CC2)cc1)OC. The van der Waals surface area contributed by atoms with E-state index in [1.165, 1.54) is 5.56 Å². The number of anilines is 1. The van der Waals surface area contributed by atoms with Crippen molar-refractivity contribution >= 4 is 17.5 Å². The van der Waals surface area contributed by atoms with Gasteiger partial charge in [0.15, 0.2) is 0 Å². The fraction of sp³-hybridized carbons (Fsp3) is 0.576. The Morgan fingerprint density at radius 1 is 1.00 bits per heavy atom. The highest BCUT2D eigenvalue weighted by Crippen LogP contribution is 2.32. The van der Waals surface area contributed by atoms with Gasteiger partial charge in [0.05, 0.1) is 26.7 Å². The Morgan fingerprint density at radius 3 is 2.38 bits per heavy atom.